The Balaban J connectivity index is 1.41. The number of nitrogens with one attached hydrogen (secondary N) is 1. The number of aromatic amines is 1. The molecule has 136 valence electrons. The molecule has 1 N–H and O–H groups in total. The first kappa shape index (κ1) is 17.0. The maximum absolute atomic E-state index is 12.6. The van der Waals surface area contributed by atoms with Gasteiger partial charge in [0, 0.05) is 23.5 Å². The van der Waals surface area contributed by atoms with Crippen molar-refractivity contribution in [2.24, 2.45) is 0 Å². The predicted octanol–water partition coefficient (Wildman–Crippen LogP) is 3.35. The minimum absolute atomic E-state index is 0.101. The Morgan fingerprint density at radius 2 is 2.23 bits per heavy atom. The van der Waals surface area contributed by atoms with Gasteiger partial charge in [-0.3, -0.25) is 9.89 Å². The van der Waals surface area contributed by atoms with Gasteiger partial charge in [-0.1, -0.05) is 5.16 Å². The lowest BCUT2D eigenvalue weighted by atomic mass is 10.0. The molecule has 1 fully saturated rings. The van der Waals surface area contributed by atoms with Gasteiger partial charge in [-0.05, 0) is 51.3 Å². The van der Waals surface area contributed by atoms with Gasteiger partial charge < -0.3 is 9.42 Å². The van der Waals surface area contributed by atoms with Crippen LogP contribution in [0.15, 0.2) is 16.7 Å². The lowest BCUT2D eigenvalue weighted by Gasteiger charge is -2.38. The Labute approximate surface area is 155 Å². The van der Waals surface area contributed by atoms with Crippen molar-refractivity contribution in [1.82, 2.24) is 25.2 Å². The second-order valence-corrected chi connectivity index (χ2v) is 7.96. The molecule has 0 bridgehead atoms. The van der Waals surface area contributed by atoms with Crippen LogP contribution in [0, 0.1) is 20.8 Å². The first-order valence-corrected chi connectivity index (χ1v) is 9.55. The van der Waals surface area contributed by atoms with Crippen LogP contribution in [0.3, 0.4) is 0 Å². The molecule has 8 heteroatoms. The molecule has 0 aliphatic carbocycles. The number of hydrogen-bond acceptors (Lipinski definition) is 6. The van der Waals surface area contributed by atoms with Gasteiger partial charge in [0.1, 0.15) is 6.04 Å². The fourth-order valence-electron chi connectivity index (χ4n) is 3.29. The monoisotopic (exact) mass is 371 g/mol. The van der Waals surface area contributed by atoms with E-state index in [9.17, 15) is 4.79 Å². The topological polar surface area (TPSA) is 87.9 Å². The SMILES string of the molecule is Cc1ccc(-c2noc(C3CCN3C(=O)CCc3c(C)n[nH]c3C)n2)s1. The van der Waals surface area contributed by atoms with E-state index in [4.69, 9.17) is 4.52 Å². The van der Waals surface area contributed by atoms with Crippen molar-refractivity contribution in [2.75, 3.05) is 6.54 Å². The molecule has 3 aromatic rings. The summed E-state index contributed by atoms with van der Waals surface area (Å²) in [5.74, 6) is 1.25. The van der Waals surface area contributed by atoms with Crippen molar-refractivity contribution >= 4 is 17.2 Å². The first-order valence-electron chi connectivity index (χ1n) is 8.73. The summed E-state index contributed by atoms with van der Waals surface area (Å²) in [7, 11) is 0. The van der Waals surface area contributed by atoms with Crippen LogP contribution in [0.5, 0.6) is 0 Å². The van der Waals surface area contributed by atoms with Crippen LogP contribution in [0.2, 0.25) is 0 Å². The predicted molar refractivity (Wildman–Crippen MR) is 97.8 cm³/mol. The maximum atomic E-state index is 12.6. The van der Waals surface area contributed by atoms with E-state index in [2.05, 4.69) is 20.3 Å². The number of carbonyl (C=O) groups excluding carboxylic acids is 1. The van der Waals surface area contributed by atoms with Gasteiger partial charge in [0.05, 0.1) is 10.6 Å². The van der Waals surface area contributed by atoms with Gasteiger partial charge in [0.2, 0.25) is 17.6 Å². The smallest absolute Gasteiger partial charge is 0.249 e. The van der Waals surface area contributed by atoms with Crippen LogP contribution in [0.25, 0.3) is 10.7 Å². The molecule has 1 saturated heterocycles. The number of carbonyl (C=O) groups is 1. The minimum atomic E-state index is -0.101. The molecule has 0 aromatic carbocycles. The number of amides is 1. The van der Waals surface area contributed by atoms with Crippen LogP contribution in [0.4, 0.5) is 0 Å². The quantitative estimate of drug-likeness (QED) is 0.743. The number of nitrogens with zero attached hydrogens (tertiary/aromatic N) is 4. The largest absolute Gasteiger partial charge is 0.337 e. The number of thiophene rings is 1. The second-order valence-electron chi connectivity index (χ2n) is 6.67. The number of rotatable bonds is 5. The molecule has 1 aliphatic rings. The standard InChI is InChI=1S/C18H21N5O2S/c1-10-4-6-15(26-10)17-19-18(25-22-17)14-8-9-23(14)16(24)7-5-13-11(2)20-21-12(13)3/h4,6,14H,5,7-9H2,1-3H3,(H,20,21). The Bertz CT molecular complexity index is 922. The number of H-pyrrole nitrogens is 1. The summed E-state index contributed by atoms with van der Waals surface area (Å²) in [6.45, 7) is 6.73. The van der Waals surface area contributed by atoms with E-state index < -0.39 is 0 Å². The molecule has 3 aromatic heterocycles. The molecule has 7 nitrogen and oxygen atoms in total. The lowest BCUT2D eigenvalue weighted by molar-refractivity contribution is -0.140. The normalized spacial score (nSPS) is 16.7. The van der Waals surface area contributed by atoms with Crippen molar-refractivity contribution in [3.05, 3.63) is 39.9 Å². The molecular weight excluding hydrogens is 350 g/mol. The minimum Gasteiger partial charge on any atom is -0.337 e. The fraction of sp³-hybridized carbons (Fsp3) is 0.444. The zero-order valence-electron chi connectivity index (χ0n) is 15.1. The summed E-state index contributed by atoms with van der Waals surface area (Å²) in [6.07, 6.45) is 2.02. The summed E-state index contributed by atoms with van der Waals surface area (Å²) in [5.41, 5.74) is 3.12. The maximum Gasteiger partial charge on any atom is 0.249 e. The third-order valence-corrected chi connectivity index (χ3v) is 5.89. The van der Waals surface area contributed by atoms with E-state index in [1.807, 2.05) is 37.8 Å². The highest BCUT2D eigenvalue weighted by Crippen LogP contribution is 2.35. The van der Waals surface area contributed by atoms with Crippen molar-refractivity contribution in [2.45, 2.75) is 46.1 Å². The molecule has 0 radical (unpaired) electrons. The molecule has 0 spiro atoms. The van der Waals surface area contributed by atoms with Crippen LogP contribution < -0.4 is 0 Å². The first-order chi connectivity index (χ1) is 12.5. The third-order valence-electron chi connectivity index (χ3n) is 4.90. The van der Waals surface area contributed by atoms with Crippen molar-refractivity contribution in [3.63, 3.8) is 0 Å². The van der Waals surface area contributed by atoms with Gasteiger partial charge in [0.25, 0.3) is 0 Å². The number of likely N-dealkylation sites (tertiary alicyclic amines) is 1. The Kier molecular flexibility index (Phi) is 4.36. The zero-order valence-corrected chi connectivity index (χ0v) is 15.9. The molecule has 1 amide bonds. The molecule has 4 rings (SSSR count). The summed E-state index contributed by atoms with van der Waals surface area (Å²) in [6, 6.07) is 3.93. The highest BCUT2D eigenvalue weighted by atomic mass is 32.1. The number of hydrogen-bond donors (Lipinski definition) is 1. The van der Waals surface area contributed by atoms with Crippen LogP contribution in [0.1, 0.15) is 46.6 Å². The average molecular weight is 371 g/mol. The Morgan fingerprint density at radius 1 is 1.38 bits per heavy atom. The molecule has 1 aliphatic heterocycles. The summed E-state index contributed by atoms with van der Waals surface area (Å²) in [5, 5.41) is 11.2. The van der Waals surface area contributed by atoms with Gasteiger partial charge in [-0.25, -0.2) is 0 Å². The van der Waals surface area contributed by atoms with E-state index >= 15 is 0 Å². The van der Waals surface area contributed by atoms with E-state index in [1.54, 1.807) is 11.3 Å². The number of aryl methyl sites for hydroxylation is 3. The zero-order chi connectivity index (χ0) is 18.3. The molecule has 26 heavy (non-hydrogen) atoms. The summed E-state index contributed by atoms with van der Waals surface area (Å²) < 4.78 is 5.44. The highest BCUT2D eigenvalue weighted by Gasteiger charge is 2.37. The fourth-order valence-corrected chi connectivity index (χ4v) is 4.08. The van der Waals surface area contributed by atoms with E-state index in [0.717, 1.165) is 34.8 Å². The van der Waals surface area contributed by atoms with E-state index in [0.29, 0.717) is 24.6 Å². The second kappa shape index (κ2) is 6.68. The van der Waals surface area contributed by atoms with Gasteiger partial charge in [-0.2, -0.15) is 10.1 Å². The molecule has 1 unspecified atom stereocenters. The summed E-state index contributed by atoms with van der Waals surface area (Å²) in [4.78, 5) is 21.2. The average Bonchev–Trinajstić information content (AvgIpc) is 3.27. The summed E-state index contributed by atoms with van der Waals surface area (Å²) >= 11 is 1.63. The van der Waals surface area contributed by atoms with Crippen LogP contribution in [-0.2, 0) is 11.2 Å². The van der Waals surface area contributed by atoms with Crippen LogP contribution >= 0.6 is 11.3 Å². The third kappa shape index (κ3) is 3.05. The highest BCUT2D eigenvalue weighted by molar-refractivity contribution is 7.15. The van der Waals surface area contributed by atoms with Crippen molar-refractivity contribution < 1.29 is 9.32 Å². The lowest BCUT2D eigenvalue weighted by Crippen LogP contribution is -2.45. The molecule has 0 saturated carbocycles. The Hall–Kier alpha value is -2.48. The van der Waals surface area contributed by atoms with E-state index in [-0.39, 0.29) is 11.9 Å². The van der Waals surface area contributed by atoms with Crippen molar-refractivity contribution in [1.29, 1.82) is 0 Å². The molecule has 4 heterocycles. The Morgan fingerprint density at radius 3 is 2.85 bits per heavy atom. The van der Waals surface area contributed by atoms with Gasteiger partial charge in [0.15, 0.2) is 0 Å². The van der Waals surface area contributed by atoms with Gasteiger partial charge in [-0.15, -0.1) is 11.3 Å². The number of aromatic nitrogens is 4. The van der Waals surface area contributed by atoms with Gasteiger partial charge >= 0.3 is 0 Å². The molecular formula is C18H21N5O2S. The van der Waals surface area contributed by atoms with Crippen molar-refractivity contribution in [3.8, 4) is 10.7 Å². The molecule has 1 atom stereocenters. The van der Waals surface area contributed by atoms with Crippen LogP contribution in [-0.4, -0.2) is 37.7 Å². The van der Waals surface area contributed by atoms with E-state index in [1.165, 1.54) is 4.88 Å².